The second-order valence-corrected chi connectivity index (χ2v) is 5.31. The Balaban J connectivity index is 2.27. The minimum absolute atomic E-state index is 0.114. The molecule has 104 valence electrons. The summed E-state index contributed by atoms with van der Waals surface area (Å²) in [6.45, 7) is 1.70. The van der Waals surface area contributed by atoms with E-state index in [1.165, 1.54) is 7.11 Å². The fourth-order valence-corrected chi connectivity index (χ4v) is 2.51. The molecule has 1 heterocycles. The minimum Gasteiger partial charge on any atom is -0.481 e. The van der Waals surface area contributed by atoms with Gasteiger partial charge in [0.25, 0.3) is 0 Å². The molecular weight excluding hydrogens is 270 g/mol. The van der Waals surface area contributed by atoms with E-state index < -0.39 is 12.0 Å². The standard InChI is InChI=1S/C11H15N3O4S/c1-6(10(17)18-2)14-9(7-3-4-7)12-13-11(14)19-5-8(15)16/h6-7H,3-5H2,1-2H3,(H,15,16). The molecule has 1 aromatic rings. The van der Waals surface area contributed by atoms with Gasteiger partial charge in [-0.2, -0.15) is 0 Å². The van der Waals surface area contributed by atoms with E-state index in [-0.39, 0.29) is 11.7 Å². The van der Waals surface area contributed by atoms with E-state index in [9.17, 15) is 9.59 Å². The van der Waals surface area contributed by atoms with Gasteiger partial charge in [-0.05, 0) is 19.8 Å². The molecule has 0 aromatic carbocycles. The molecule has 7 nitrogen and oxygen atoms in total. The van der Waals surface area contributed by atoms with Crippen LogP contribution in [0.2, 0.25) is 0 Å². The Labute approximate surface area is 114 Å². The van der Waals surface area contributed by atoms with Gasteiger partial charge in [-0.3, -0.25) is 9.36 Å². The summed E-state index contributed by atoms with van der Waals surface area (Å²) >= 11 is 1.06. The maximum Gasteiger partial charge on any atom is 0.328 e. The maximum atomic E-state index is 11.7. The highest BCUT2D eigenvalue weighted by Crippen LogP contribution is 2.41. The highest BCUT2D eigenvalue weighted by molar-refractivity contribution is 7.99. The first-order valence-corrected chi connectivity index (χ1v) is 6.90. The lowest BCUT2D eigenvalue weighted by atomic mass is 10.3. The number of hydrogen-bond acceptors (Lipinski definition) is 6. The summed E-state index contributed by atoms with van der Waals surface area (Å²) in [6.07, 6.45) is 2.05. The molecule has 1 atom stereocenters. The van der Waals surface area contributed by atoms with Crippen LogP contribution in [0.15, 0.2) is 5.16 Å². The number of carboxylic acid groups (broad SMARTS) is 1. The first kappa shape index (κ1) is 13.9. The average molecular weight is 285 g/mol. The molecule has 1 N–H and O–H groups in total. The number of rotatable bonds is 6. The molecule has 1 aliphatic carbocycles. The number of hydrogen-bond donors (Lipinski definition) is 1. The van der Waals surface area contributed by atoms with Crippen LogP contribution >= 0.6 is 11.8 Å². The first-order valence-electron chi connectivity index (χ1n) is 5.91. The topological polar surface area (TPSA) is 94.3 Å². The van der Waals surface area contributed by atoms with E-state index in [0.717, 1.165) is 30.4 Å². The minimum atomic E-state index is -0.932. The smallest absolute Gasteiger partial charge is 0.328 e. The molecule has 2 rings (SSSR count). The number of esters is 1. The fraction of sp³-hybridized carbons (Fsp3) is 0.636. The van der Waals surface area contributed by atoms with Gasteiger partial charge in [-0.15, -0.1) is 10.2 Å². The van der Waals surface area contributed by atoms with Crippen LogP contribution in [0.25, 0.3) is 0 Å². The van der Waals surface area contributed by atoms with Crippen molar-refractivity contribution in [1.82, 2.24) is 14.8 Å². The number of methoxy groups -OCH3 is 1. The normalized spacial score (nSPS) is 16.1. The van der Waals surface area contributed by atoms with Crippen LogP contribution in [0.1, 0.15) is 37.5 Å². The van der Waals surface area contributed by atoms with Crippen molar-refractivity contribution in [2.24, 2.45) is 0 Å². The SMILES string of the molecule is COC(=O)C(C)n1c(SCC(=O)O)nnc1C1CC1. The molecule has 1 aliphatic rings. The van der Waals surface area contributed by atoms with Crippen molar-refractivity contribution in [3.63, 3.8) is 0 Å². The number of nitrogens with zero attached hydrogens (tertiary/aromatic N) is 3. The number of carbonyl (C=O) groups is 2. The summed E-state index contributed by atoms with van der Waals surface area (Å²) in [5, 5.41) is 17.2. The van der Waals surface area contributed by atoms with Crippen LogP contribution in [-0.4, -0.2) is 44.7 Å². The average Bonchev–Trinajstić information content (AvgIpc) is 3.14. The number of aromatic nitrogens is 3. The third-order valence-electron chi connectivity index (χ3n) is 2.89. The predicted octanol–water partition coefficient (Wildman–Crippen LogP) is 1.07. The van der Waals surface area contributed by atoms with Gasteiger partial charge < -0.3 is 9.84 Å². The molecule has 0 radical (unpaired) electrons. The first-order chi connectivity index (χ1) is 9.04. The van der Waals surface area contributed by atoms with Crippen LogP contribution in [0.3, 0.4) is 0 Å². The van der Waals surface area contributed by atoms with Gasteiger partial charge in [0.15, 0.2) is 5.16 Å². The van der Waals surface area contributed by atoms with E-state index in [0.29, 0.717) is 11.1 Å². The lowest BCUT2D eigenvalue weighted by Gasteiger charge is -2.15. The zero-order chi connectivity index (χ0) is 14.0. The van der Waals surface area contributed by atoms with Crippen molar-refractivity contribution in [3.8, 4) is 0 Å². The molecule has 19 heavy (non-hydrogen) atoms. The third-order valence-corrected chi connectivity index (χ3v) is 3.82. The third kappa shape index (κ3) is 3.06. The van der Waals surface area contributed by atoms with Crippen LogP contribution < -0.4 is 0 Å². The van der Waals surface area contributed by atoms with Gasteiger partial charge in [0, 0.05) is 5.92 Å². The summed E-state index contributed by atoms with van der Waals surface area (Å²) in [4.78, 5) is 22.3. The zero-order valence-corrected chi connectivity index (χ0v) is 11.5. The molecule has 0 spiro atoms. The molecule has 1 fully saturated rings. The molecular formula is C11H15N3O4S. The van der Waals surface area contributed by atoms with Crippen molar-refractivity contribution < 1.29 is 19.4 Å². The molecule has 0 bridgehead atoms. The summed E-state index contributed by atoms with van der Waals surface area (Å²) in [7, 11) is 1.32. The summed E-state index contributed by atoms with van der Waals surface area (Å²) < 4.78 is 6.42. The number of thioether (sulfide) groups is 1. The highest BCUT2D eigenvalue weighted by atomic mass is 32.2. The summed E-state index contributed by atoms with van der Waals surface area (Å²) in [5.74, 6) is -0.377. The van der Waals surface area contributed by atoms with Crippen LogP contribution in [0.4, 0.5) is 0 Å². The Morgan fingerprint density at radius 1 is 1.53 bits per heavy atom. The number of ether oxygens (including phenoxy) is 1. The van der Waals surface area contributed by atoms with E-state index in [4.69, 9.17) is 9.84 Å². The van der Waals surface area contributed by atoms with Gasteiger partial charge in [0.05, 0.1) is 12.9 Å². The van der Waals surface area contributed by atoms with Crippen molar-refractivity contribution in [2.45, 2.75) is 36.9 Å². The van der Waals surface area contributed by atoms with Gasteiger partial charge in [0.1, 0.15) is 11.9 Å². The maximum absolute atomic E-state index is 11.7. The molecule has 1 aromatic heterocycles. The highest BCUT2D eigenvalue weighted by Gasteiger charge is 2.33. The van der Waals surface area contributed by atoms with Crippen LogP contribution in [0, 0.1) is 0 Å². The van der Waals surface area contributed by atoms with E-state index in [1.807, 2.05) is 0 Å². The van der Waals surface area contributed by atoms with E-state index in [1.54, 1.807) is 11.5 Å². The van der Waals surface area contributed by atoms with E-state index in [2.05, 4.69) is 10.2 Å². The molecule has 0 saturated heterocycles. The second-order valence-electron chi connectivity index (χ2n) is 4.37. The lowest BCUT2D eigenvalue weighted by molar-refractivity contribution is -0.144. The van der Waals surface area contributed by atoms with Crippen LogP contribution in [-0.2, 0) is 14.3 Å². The van der Waals surface area contributed by atoms with E-state index >= 15 is 0 Å². The Hall–Kier alpha value is -1.57. The van der Waals surface area contributed by atoms with Gasteiger partial charge in [-0.25, -0.2) is 4.79 Å². The molecule has 8 heteroatoms. The number of carboxylic acids is 1. The molecule has 1 unspecified atom stereocenters. The number of aliphatic carboxylic acids is 1. The van der Waals surface area contributed by atoms with Gasteiger partial charge in [-0.1, -0.05) is 11.8 Å². The van der Waals surface area contributed by atoms with Crippen LogP contribution in [0.5, 0.6) is 0 Å². The van der Waals surface area contributed by atoms with Crippen molar-refractivity contribution in [2.75, 3.05) is 12.9 Å². The lowest BCUT2D eigenvalue weighted by Crippen LogP contribution is -2.20. The Morgan fingerprint density at radius 3 is 2.74 bits per heavy atom. The molecule has 0 aliphatic heterocycles. The summed E-state index contributed by atoms with van der Waals surface area (Å²) in [5.41, 5.74) is 0. The van der Waals surface area contributed by atoms with Crippen molar-refractivity contribution >= 4 is 23.7 Å². The zero-order valence-electron chi connectivity index (χ0n) is 10.7. The second kappa shape index (κ2) is 5.60. The predicted molar refractivity (Wildman–Crippen MR) is 67.1 cm³/mol. The Bertz CT molecular complexity index is 498. The Morgan fingerprint density at radius 2 is 2.21 bits per heavy atom. The van der Waals surface area contributed by atoms with Crippen molar-refractivity contribution in [1.29, 1.82) is 0 Å². The number of carbonyl (C=O) groups excluding carboxylic acids is 1. The molecule has 0 amide bonds. The molecule has 1 saturated carbocycles. The Kier molecular flexibility index (Phi) is 4.08. The van der Waals surface area contributed by atoms with Crippen molar-refractivity contribution in [3.05, 3.63) is 5.82 Å². The fourth-order valence-electron chi connectivity index (χ4n) is 1.77. The largest absolute Gasteiger partial charge is 0.481 e. The summed E-state index contributed by atoms with van der Waals surface area (Å²) in [6, 6.07) is -0.549. The quantitative estimate of drug-likeness (QED) is 0.617. The monoisotopic (exact) mass is 285 g/mol. The van der Waals surface area contributed by atoms with Gasteiger partial charge in [0.2, 0.25) is 0 Å². The van der Waals surface area contributed by atoms with Gasteiger partial charge >= 0.3 is 11.9 Å².